The molecule has 0 amide bonds. The average Bonchev–Trinajstić information content (AvgIpc) is 2.37. The largest absolute Gasteiger partial charge is 0.327 e. The smallest absolute Gasteiger partial charge is 0.0409 e. The van der Waals surface area contributed by atoms with Crippen LogP contribution in [0, 0.1) is 0 Å². The fourth-order valence-electron chi connectivity index (χ4n) is 1.30. The summed E-state index contributed by atoms with van der Waals surface area (Å²) in [6.45, 7) is 0. The molecule has 10 heavy (non-hydrogen) atoms. The van der Waals surface area contributed by atoms with E-state index in [9.17, 15) is 0 Å². The molecule has 2 unspecified atom stereocenters. The van der Waals surface area contributed by atoms with Crippen molar-refractivity contribution in [1.82, 2.24) is 4.37 Å². The summed E-state index contributed by atoms with van der Waals surface area (Å²) in [5, 5.41) is 0. The molecule has 0 spiro atoms. The summed E-state index contributed by atoms with van der Waals surface area (Å²) in [6, 6.07) is 2.48. The highest BCUT2D eigenvalue weighted by atomic mass is 32.1. The first-order valence-electron chi connectivity index (χ1n) is 3.54. The van der Waals surface area contributed by atoms with Gasteiger partial charge in [-0.25, -0.2) is 4.37 Å². The zero-order valence-electron chi connectivity index (χ0n) is 5.66. The van der Waals surface area contributed by atoms with Crippen LogP contribution in [0.4, 0.5) is 0 Å². The van der Waals surface area contributed by atoms with E-state index in [1.165, 1.54) is 17.7 Å². The molecule has 1 fully saturated rings. The number of nitrogens with two attached hydrogens (primary N) is 1. The normalized spacial score (nSPS) is 31.7. The van der Waals surface area contributed by atoms with Crippen molar-refractivity contribution in [2.75, 3.05) is 0 Å². The number of aromatic nitrogens is 1. The molecule has 54 valence electrons. The summed E-state index contributed by atoms with van der Waals surface area (Å²) < 4.78 is 4.05. The van der Waals surface area contributed by atoms with Gasteiger partial charge in [-0.3, -0.25) is 0 Å². The van der Waals surface area contributed by atoms with Crippen LogP contribution in [0.5, 0.6) is 0 Å². The number of hydrogen-bond donors (Lipinski definition) is 1. The fraction of sp³-hybridized carbons (Fsp3) is 0.571. The molecule has 0 radical (unpaired) electrons. The first kappa shape index (κ1) is 6.31. The van der Waals surface area contributed by atoms with Gasteiger partial charge >= 0.3 is 0 Å². The van der Waals surface area contributed by atoms with Crippen LogP contribution < -0.4 is 5.73 Å². The van der Waals surface area contributed by atoms with E-state index in [1.54, 1.807) is 11.5 Å². The molecule has 3 heteroatoms. The second-order valence-electron chi connectivity index (χ2n) is 2.76. The Morgan fingerprint density at radius 2 is 2.50 bits per heavy atom. The Morgan fingerprint density at radius 3 is 2.90 bits per heavy atom. The zero-order valence-corrected chi connectivity index (χ0v) is 6.47. The Kier molecular flexibility index (Phi) is 1.47. The van der Waals surface area contributed by atoms with E-state index in [0.717, 1.165) is 0 Å². The second-order valence-corrected chi connectivity index (χ2v) is 3.63. The van der Waals surface area contributed by atoms with Crippen molar-refractivity contribution in [2.24, 2.45) is 5.73 Å². The van der Waals surface area contributed by atoms with E-state index >= 15 is 0 Å². The number of hydrogen-bond acceptors (Lipinski definition) is 3. The van der Waals surface area contributed by atoms with Crippen molar-refractivity contribution >= 4 is 11.5 Å². The Labute approximate surface area is 64.2 Å². The van der Waals surface area contributed by atoms with Gasteiger partial charge in [0, 0.05) is 23.0 Å². The van der Waals surface area contributed by atoms with Gasteiger partial charge in [0.25, 0.3) is 0 Å². The monoisotopic (exact) mass is 154 g/mol. The summed E-state index contributed by atoms with van der Waals surface area (Å²) in [7, 11) is 0. The van der Waals surface area contributed by atoms with Gasteiger partial charge in [0.15, 0.2) is 0 Å². The molecule has 0 aromatic carbocycles. The van der Waals surface area contributed by atoms with Gasteiger partial charge in [0.2, 0.25) is 0 Å². The molecule has 1 aromatic rings. The predicted octanol–water partition coefficient (Wildman–Crippen LogP) is 1.35. The lowest BCUT2D eigenvalue weighted by atomic mass is 9.79. The summed E-state index contributed by atoms with van der Waals surface area (Å²) in [5.41, 5.74) is 5.79. The van der Waals surface area contributed by atoms with Crippen LogP contribution in [0.25, 0.3) is 0 Å². The third kappa shape index (κ3) is 0.859. The molecule has 1 aliphatic rings. The van der Waals surface area contributed by atoms with Crippen LogP contribution in [0.2, 0.25) is 0 Å². The van der Waals surface area contributed by atoms with Crippen molar-refractivity contribution in [1.29, 1.82) is 0 Å². The third-order valence-electron chi connectivity index (χ3n) is 2.15. The van der Waals surface area contributed by atoms with Crippen molar-refractivity contribution < 1.29 is 0 Å². The van der Waals surface area contributed by atoms with Crippen molar-refractivity contribution in [2.45, 2.75) is 24.8 Å². The lowest BCUT2D eigenvalue weighted by molar-refractivity contribution is 0.351. The summed E-state index contributed by atoms with van der Waals surface area (Å²) in [6.07, 6.45) is 4.29. The standard InChI is InChI=1S/C7H10N2S/c8-6-2-1-5(6)7-3-4-9-10-7/h3-6H,1-2,8H2. The molecular weight excluding hydrogens is 144 g/mol. The first-order valence-corrected chi connectivity index (χ1v) is 4.31. The van der Waals surface area contributed by atoms with E-state index < -0.39 is 0 Å². The van der Waals surface area contributed by atoms with Gasteiger partial charge in [-0.15, -0.1) is 0 Å². The van der Waals surface area contributed by atoms with Crippen LogP contribution in [0.3, 0.4) is 0 Å². The predicted molar refractivity (Wildman–Crippen MR) is 42.1 cm³/mol. The maximum Gasteiger partial charge on any atom is 0.0409 e. The number of nitrogens with zero attached hydrogens (tertiary/aromatic N) is 1. The van der Waals surface area contributed by atoms with E-state index in [2.05, 4.69) is 10.4 Å². The molecule has 0 aliphatic heterocycles. The minimum Gasteiger partial charge on any atom is -0.327 e. The maximum absolute atomic E-state index is 5.79. The number of rotatable bonds is 1. The quantitative estimate of drug-likeness (QED) is 0.663. The molecule has 0 bridgehead atoms. The van der Waals surface area contributed by atoms with Gasteiger partial charge in [0.1, 0.15) is 0 Å². The molecule has 1 aliphatic carbocycles. The molecule has 1 aromatic heterocycles. The van der Waals surface area contributed by atoms with Crippen molar-refractivity contribution in [3.05, 3.63) is 17.1 Å². The Bertz CT molecular complexity index is 207. The van der Waals surface area contributed by atoms with Crippen LogP contribution in [-0.2, 0) is 0 Å². The first-order chi connectivity index (χ1) is 4.88. The Balaban J connectivity index is 2.14. The van der Waals surface area contributed by atoms with Gasteiger partial charge in [0.05, 0.1) is 0 Å². The Morgan fingerprint density at radius 1 is 1.60 bits per heavy atom. The van der Waals surface area contributed by atoms with E-state index in [0.29, 0.717) is 12.0 Å². The average molecular weight is 154 g/mol. The zero-order chi connectivity index (χ0) is 6.97. The summed E-state index contributed by atoms with van der Waals surface area (Å²) in [5.74, 6) is 0.618. The van der Waals surface area contributed by atoms with Gasteiger partial charge in [-0.05, 0) is 30.4 Å². The van der Waals surface area contributed by atoms with E-state index in [4.69, 9.17) is 5.73 Å². The van der Waals surface area contributed by atoms with E-state index in [1.807, 2.05) is 6.20 Å². The second kappa shape index (κ2) is 2.32. The topological polar surface area (TPSA) is 38.9 Å². The Hall–Kier alpha value is -0.410. The molecule has 2 rings (SSSR count). The highest BCUT2D eigenvalue weighted by Gasteiger charge is 2.29. The van der Waals surface area contributed by atoms with Gasteiger partial charge in [-0.1, -0.05) is 0 Å². The van der Waals surface area contributed by atoms with Gasteiger partial charge < -0.3 is 5.73 Å². The van der Waals surface area contributed by atoms with Gasteiger partial charge in [-0.2, -0.15) is 0 Å². The molecule has 1 saturated carbocycles. The molecule has 1 heterocycles. The SMILES string of the molecule is NC1CCC1c1ccns1. The minimum absolute atomic E-state index is 0.403. The summed E-state index contributed by atoms with van der Waals surface area (Å²) >= 11 is 1.58. The van der Waals surface area contributed by atoms with E-state index in [-0.39, 0.29) is 0 Å². The van der Waals surface area contributed by atoms with Crippen LogP contribution in [0.15, 0.2) is 12.3 Å². The molecular formula is C7H10N2S. The lowest BCUT2D eigenvalue weighted by Gasteiger charge is -2.32. The van der Waals surface area contributed by atoms with Crippen molar-refractivity contribution in [3.8, 4) is 0 Å². The third-order valence-corrected chi connectivity index (χ3v) is 3.03. The highest BCUT2D eigenvalue weighted by Crippen LogP contribution is 2.36. The van der Waals surface area contributed by atoms with Crippen LogP contribution in [0.1, 0.15) is 23.6 Å². The molecule has 0 saturated heterocycles. The summed E-state index contributed by atoms with van der Waals surface area (Å²) in [4.78, 5) is 1.36. The molecule has 2 nitrogen and oxygen atoms in total. The van der Waals surface area contributed by atoms with Crippen LogP contribution >= 0.6 is 11.5 Å². The molecule has 2 atom stereocenters. The molecule has 2 N–H and O–H groups in total. The van der Waals surface area contributed by atoms with Crippen molar-refractivity contribution in [3.63, 3.8) is 0 Å². The fourth-order valence-corrected chi connectivity index (χ4v) is 2.09. The highest BCUT2D eigenvalue weighted by molar-refractivity contribution is 7.05. The lowest BCUT2D eigenvalue weighted by Crippen LogP contribution is -2.36. The minimum atomic E-state index is 0.403. The maximum atomic E-state index is 5.79. The van der Waals surface area contributed by atoms with Crippen LogP contribution in [-0.4, -0.2) is 10.4 Å².